The summed E-state index contributed by atoms with van der Waals surface area (Å²) in [7, 11) is -3.68. The first-order valence-corrected chi connectivity index (χ1v) is 13.2. The van der Waals surface area contributed by atoms with Gasteiger partial charge in [-0.05, 0) is 61.6 Å². The standard InChI is InChI=1S/C24H27ClN2O5S/c25-19-4-6-21-18(15-19)3-1-10-27(21)24(28)17-8-11-26(12-9-17)33(29,30)20-5-7-22-23(16-20)32-14-2-13-31-22/h4-7,15-17H,1-3,8-14H2. The van der Waals surface area contributed by atoms with Crippen molar-refractivity contribution in [1.29, 1.82) is 0 Å². The van der Waals surface area contributed by atoms with E-state index in [9.17, 15) is 13.2 Å². The Bertz CT molecular complexity index is 1160. The van der Waals surface area contributed by atoms with Gasteiger partial charge in [0.1, 0.15) is 0 Å². The Hall–Kier alpha value is -2.29. The van der Waals surface area contributed by atoms with Crippen molar-refractivity contribution in [3.05, 3.63) is 47.0 Å². The number of benzene rings is 2. The number of hydrogen-bond donors (Lipinski definition) is 0. The van der Waals surface area contributed by atoms with Gasteiger partial charge in [-0.25, -0.2) is 8.42 Å². The van der Waals surface area contributed by atoms with E-state index >= 15 is 0 Å². The Labute approximate surface area is 199 Å². The average molecular weight is 491 g/mol. The molecule has 0 aromatic heterocycles. The van der Waals surface area contributed by atoms with Crippen LogP contribution in [0.1, 0.15) is 31.2 Å². The largest absolute Gasteiger partial charge is 0.490 e. The molecule has 0 aliphatic carbocycles. The van der Waals surface area contributed by atoms with Crippen LogP contribution < -0.4 is 14.4 Å². The number of anilines is 1. The zero-order chi connectivity index (χ0) is 23.0. The lowest BCUT2D eigenvalue weighted by Crippen LogP contribution is -2.45. The fourth-order valence-corrected chi connectivity index (χ4v) is 6.49. The van der Waals surface area contributed by atoms with Gasteiger partial charge in [-0.3, -0.25) is 4.79 Å². The number of ether oxygens (including phenoxy) is 2. The maximum atomic E-state index is 13.3. The Kier molecular flexibility index (Phi) is 6.24. The Balaban J connectivity index is 1.28. The van der Waals surface area contributed by atoms with Crippen molar-refractivity contribution >= 4 is 33.2 Å². The summed E-state index contributed by atoms with van der Waals surface area (Å²) in [5, 5.41) is 0.677. The smallest absolute Gasteiger partial charge is 0.243 e. The number of carbonyl (C=O) groups is 1. The van der Waals surface area contributed by atoms with E-state index in [4.69, 9.17) is 21.1 Å². The highest BCUT2D eigenvalue weighted by atomic mass is 35.5. The van der Waals surface area contributed by atoms with E-state index in [0.29, 0.717) is 62.2 Å². The molecule has 3 heterocycles. The molecule has 1 saturated heterocycles. The maximum Gasteiger partial charge on any atom is 0.243 e. The molecule has 0 radical (unpaired) electrons. The molecule has 176 valence electrons. The summed E-state index contributed by atoms with van der Waals surface area (Å²) in [6.45, 7) is 2.36. The molecule has 0 saturated carbocycles. The molecule has 0 N–H and O–H groups in total. The van der Waals surface area contributed by atoms with Crippen molar-refractivity contribution in [3.63, 3.8) is 0 Å². The van der Waals surface area contributed by atoms with Crippen LogP contribution >= 0.6 is 11.6 Å². The second-order valence-electron chi connectivity index (χ2n) is 8.70. The highest BCUT2D eigenvalue weighted by Crippen LogP contribution is 2.35. The van der Waals surface area contributed by atoms with Gasteiger partial charge in [0.25, 0.3) is 0 Å². The minimum absolute atomic E-state index is 0.0749. The molecule has 2 aromatic carbocycles. The Morgan fingerprint density at radius 3 is 2.48 bits per heavy atom. The van der Waals surface area contributed by atoms with E-state index in [0.717, 1.165) is 30.5 Å². The molecular weight excluding hydrogens is 464 g/mol. The van der Waals surface area contributed by atoms with E-state index in [2.05, 4.69) is 0 Å². The molecule has 7 nitrogen and oxygen atoms in total. The summed E-state index contributed by atoms with van der Waals surface area (Å²) in [6, 6.07) is 10.4. The van der Waals surface area contributed by atoms with Gasteiger partial charge in [-0.15, -0.1) is 0 Å². The molecule has 5 rings (SSSR count). The molecular formula is C24H27ClN2O5S. The number of nitrogens with zero attached hydrogens (tertiary/aromatic N) is 2. The van der Waals surface area contributed by atoms with Crippen molar-refractivity contribution in [3.8, 4) is 11.5 Å². The molecule has 0 unspecified atom stereocenters. The molecule has 1 amide bonds. The van der Waals surface area contributed by atoms with Crippen LogP contribution in [-0.4, -0.2) is 51.5 Å². The zero-order valence-electron chi connectivity index (χ0n) is 18.3. The number of carbonyl (C=O) groups excluding carboxylic acids is 1. The average Bonchev–Trinajstić information content (AvgIpc) is 3.08. The summed E-state index contributed by atoms with van der Waals surface area (Å²) in [5.74, 6) is 0.911. The van der Waals surface area contributed by atoms with Gasteiger partial charge in [0, 0.05) is 48.7 Å². The number of fused-ring (bicyclic) bond motifs is 2. The minimum atomic E-state index is -3.68. The molecule has 0 spiro atoms. The molecule has 2 aromatic rings. The van der Waals surface area contributed by atoms with Crippen molar-refractivity contribution in [2.75, 3.05) is 37.7 Å². The van der Waals surface area contributed by atoms with E-state index in [1.54, 1.807) is 18.2 Å². The summed E-state index contributed by atoms with van der Waals surface area (Å²) in [4.78, 5) is 15.4. The van der Waals surface area contributed by atoms with Gasteiger partial charge in [0.05, 0.1) is 18.1 Å². The number of hydrogen-bond acceptors (Lipinski definition) is 5. The van der Waals surface area contributed by atoms with Crippen molar-refractivity contribution in [1.82, 2.24) is 4.31 Å². The summed E-state index contributed by atoms with van der Waals surface area (Å²) in [6.07, 6.45) is 3.57. The molecule has 3 aliphatic heterocycles. The third-order valence-electron chi connectivity index (χ3n) is 6.59. The van der Waals surface area contributed by atoms with Crippen molar-refractivity contribution in [2.45, 2.75) is 37.0 Å². The lowest BCUT2D eigenvalue weighted by Gasteiger charge is -2.36. The number of piperidine rings is 1. The topological polar surface area (TPSA) is 76.2 Å². The van der Waals surface area contributed by atoms with Crippen LogP contribution in [0.3, 0.4) is 0 Å². The van der Waals surface area contributed by atoms with Crippen LogP contribution in [0.2, 0.25) is 5.02 Å². The van der Waals surface area contributed by atoms with E-state index in [1.165, 1.54) is 4.31 Å². The molecule has 3 aliphatic rings. The first-order valence-electron chi connectivity index (χ1n) is 11.4. The number of sulfonamides is 1. The van der Waals surface area contributed by atoms with Gasteiger partial charge >= 0.3 is 0 Å². The van der Waals surface area contributed by atoms with Gasteiger partial charge in [0.2, 0.25) is 15.9 Å². The van der Waals surface area contributed by atoms with Gasteiger partial charge in [0.15, 0.2) is 11.5 Å². The van der Waals surface area contributed by atoms with Crippen LogP contribution in [-0.2, 0) is 21.2 Å². The number of halogens is 1. The molecule has 0 atom stereocenters. The van der Waals surface area contributed by atoms with Crippen LogP contribution in [0.25, 0.3) is 0 Å². The Morgan fingerprint density at radius 1 is 0.939 bits per heavy atom. The van der Waals surface area contributed by atoms with E-state index in [-0.39, 0.29) is 16.7 Å². The van der Waals surface area contributed by atoms with Gasteiger partial charge in [-0.1, -0.05) is 11.6 Å². The number of aryl methyl sites for hydroxylation is 1. The highest BCUT2D eigenvalue weighted by molar-refractivity contribution is 7.89. The predicted molar refractivity (Wildman–Crippen MR) is 126 cm³/mol. The van der Waals surface area contributed by atoms with Crippen LogP contribution in [0.15, 0.2) is 41.3 Å². The van der Waals surface area contributed by atoms with Gasteiger partial charge < -0.3 is 14.4 Å². The van der Waals surface area contributed by atoms with Crippen LogP contribution in [0, 0.1) is 5.92 Å². The quantitative estimate of drug-likeness (QED) is 0.652. The number of amides is 1. The van der Waals surface area contributed by atoms with Gasteiger partial charge in [-0.2, -0.15) is 4.31 Å². The molecule has 9 heteroatoms. The summed E-state index contributed by atoms with van der Waals surface area (Å²) in [5.41, 5.74) is 2.02. The molecule has 1 fully saturated rings. The van der Waals surface area contributed by atoms with Crippen LogP contribution in [0.4, 0.5) is 5.69 Å². The predicted octanol–water partition coefficient (Wildman–Crippen LogP) is 3.88. The summed E-state index contributed by atoms with van der Waals surface area (Å²) < 4.78 is 39.2. The molecule has 33 heavy (non-hydrogen) atoms. The first-order chi connectivity index (χ1) is 15.9. The fraction of sp³-hybridized carbons (Fsp3) is 0.458. The third kappa shape index (κ3) is 4.44. The van der Waals surface area contributed by atoms with E-state index < -0.39 is 10.0 Å². The zero-order valence-corrected chi connectivity index (χ0v) is 19.9. The van der Waals surface area contributed by atoms with Crippen LogP contribution in [0.5, 0.6) is 11.5 Å². The lowest BCUT2D eigenvalue weighted by atomic mass is 9.94. The highest BCUT2D eigenvalue weighted by Gasteiger charge is 2.35. The maximum absolute atomic E-state index is 13.3. The fourth-order valence-electron chi connectivity index (χ4n) is 4.81. The summed E-state index contributed by atoms with van der Waals surface area (Å²) >= 11 is 6.13. The number of rotatable bonds is 3. The van der Waals surface area contributed by atoms with E-state index in [1.807, 2.05) is 23.1 Å². The van der Waals surface area contributed by atoms with Crippen molar-refractivity contribution < 1.29 is 22.7 Å². The lowest BCUT2D eigenvalue weighted by molar-refractivity contribution is -0.123. The first kappa shape index (κ1) is 22.5. The monoisotopic (exact) mass is 490 g/mol. The third-order valence-corrected chi connectivity index (χ3v) is 8.72. The van der Waals surface area contributed by atoms with Crippen molar-refractivity contribution in [2.24, 2.45) is 5.92 Å². The minimum Gasteiger partial charge on any atom is -0.490 e. The Morgan fingerprint density at radius 2 is 1.70 bits per heavy atom. The second-order valence-corrected chi connectivity index (χ2v) is 11.1. The second kappa shape index (κ2) is 9.16. The normalized spacial score (nSPS) is 19.6. The molecule has 0 bridgehead atoms. The SMILES string of the molecule is O=C(C1CCN(S(=O)(=O)c2ccc3c(c2)OCCCO3)CC1)N1CCCc2cc(Cl)ccc21.